The van der Waals surface area contributed by atoms with Gasteiger partial charge >= 0.3 is 18.0 Å². The molecule has 0 radical (unpaired) electrons. The molecule has 4 rings (SSSR count). The van der Waals surface area contributed by atoms with Crippen LogP contribution in [-0.2, 0) is 43.0 Å². The van der Waals surface area contributed by atoms with Gasteiger partial charge in [0, 0.05) is 31.0 Å². The average molecular weight is 721 g/mol. The molecule has 4 fully saturated rings. The molecular weight excluding hydrogens is 664 g/mol. The second-order valence-electron chi connectivity index (χ2n) is 15.4. The molecule has 0 bridgehead atoms. The van der Waals surface area contributed by atoms with Crippen molar-refractivity contribution in [3.63, 3.8) is 0 Å². The third-order valence-corrected chi connectivity index (χ3v) is 10.6. The fourth-order valence-corrected chi connectivity index (χ4v) is 7.43. The van der Waals surface area contributed by atoms with Gasteiger partial charge in [0.25, 0.3) is 0 Å². The summed E-state index contributed by atoms with van der Waals surface area (Å²) < 4.78 is 15.3. The van der Waals surface area contributed by atoms with Crippen LogP contribution >= 0.6 is 0 Å². The molecule has 5 amide bonds. The zero-order valence-electron chi connectivity index (χ0n) is 30.5. The van der Waals surface area contributed by atoms with Crippen LogP contribution in [0.2, 0.25) is 0 Å². The number of carbonyl (C=O) groups excluding carboxylic acids is 7. The number of hydrogen-bond donors (Lipinski definition) is 5. The SMILES string of the molecule is COC(=O)[C@H](C[C@@H]1CCNC1=O)NC(=O)[C@H](CC1CCC1N1CC[C@@H](C[C@H](NC(=O)[C@@H](N)CC2CCC2)C(=O)OC)C1=O)NC(=O)OC(C)(C)C. The summed E-state index contributed by atoms with van der Waals surface area (Å²) in [7, 11) is 2.42. The van der Waals surface area contributed by atoms with Crippen molar-refractivity contribution in [2.45, 2.75) is 127 Å². The Hall–Kier alpha value is -3.95. The first-order valence-electron chi connectivity index (χ1n) is 18.2. The van der Waals surface area contributed by atoms with Crippen LogP contribution in [0.5, 0.6) is 0 Å². The van der Waals surface area contributed by atoms with E-state index in [1.807, 2.05) is 0 Å². The Labute approximate surface area is 299 Å². The first-order chi connectivity index (χ1) is 24.1. The smallest absolute Gasteiger partial charge is 0.408 e. The lowest BCUT2D eigenvalue weighted by molar-refractivity contribution is -0.147. The minimum Gasteiger partial charge on any atom is -0.467 e. The van der Waals surface area contributed by atoms with Crippen LogP contribution in [0.4, 0.5) is 4.79 Å². The van der Waals surface area contributed by atoms with Crippen molar-refractivity contribution >= 4 is 41.7 Å². The van der Waals surface area contributed by atoms with Crippen molar-refractivity contribution in [2.24, 2.45) is 29.4 Å². The number of alkyl carbamates (subject to hydrolysis) is 1. The van der Waals surface area contributed by atoms with Gasteiger partial charge in [-0.05, 0) is 84.0 Å². The molecule has 0 aromatic carbocycles. The van der Waals surface area contributed by atoms with E-state index in [0.29, 0.717) is 51.1 Å². The van der Waals surface area contributed by atoms with E-state index in [0.717, 1.165) is 19.3 Å². The highest BCUT2D eigenvalue weighted by Gasteiger charge is 2.46. The van der Waals surface area contributed by atoms with E-state index in [-0.39, 0.29) is 43.0 Å². The topological polar surface area (TPSA) is 225 Å². The minimum atomic E-state index is -1.12. The zero-order valence-corrected chi connectivity index (χ0v) is 30.5. The lowest BCUT2D eigenvalue weighted by Crippen LogP contribution is -2.56. The van der Waals surface area contributed by atoms with Gasteiger partial charge in [0.05, 0.1) is 20.3 Å². The van der Waals surface area contributed by atoms with E-state index >= 15 is 0 Å². The molecule has 6 N–H and O–H groups in total. The maximum atomic E-state index is 13.7. The Bertz CT molecular complexity index is 1320. The van der Waals surface area contributed by atoms with Crippen molar-refractivity contribution in [3.8, 4) is 0 Å². The van der Waals surface area contributed by atoms with Gasteiger partial charge < -0.3 is 46.1 Å². The van der Waals surface area contributed by atoms with Crippen LogP contribution in [0, 0.1) is 23.7 Å². The second-order valence-corrected chi connectivity index (χ2v) is 15.4. The van der Waals surface area contributed by atoms with Gasteiger partial charge in [0.15, 0.2) is 0 Å². The summed E-state index contributed by atoms with van der Waals surface area (Å²) >= 11 is 0. The summed E-state index contributed by atoms with van der Waals surface area (Å²) in [5, 5.41) is 10.8. The summed E-state index contributed by atoms with van der Waals surface area (Å²) in [6.07, 6.45) is 5.52. The molecule has 8 atom stereocenters. The number of likely N-dealkylation sites (tertiary alicyclic amines) is 1. The largest absolute Gasteiger partial charge is 0.467 e. The van der Waals surface area contributed by atoms with Crippen LogP contribution in [0.25, 0.3) is 0 Å². The van der Waals surface area contributed by atoms with Crippen LogP contribution in [0.1, 0.15) is 91.4 Å². The van der Waals surface area contributed by atoms with Gasteiger partial charge in [-0.25, -0.2) is 14.4 Å². The van der Waals surface area contributed by atoms with E-state index in [9.17, 15) is 33.6 Å². The van der Waals surface area contributed by atoms with Gasteiger partial charge in [-0.1, -0.05) is 19.3 Å². The van der Waals surface area contributed by atoms with E-state index in [4.69, 9.17) is 19.9 Å². The lowest BCUT2D eigenvalue weighted by atomic mass is 9.74. The van der Waals surface area contributed by atoms with Crippen LogP contribution in [-0.4, -0.2) is 110 Å². The van der Waals surface area contributed by atoms with Crippen molar-refractivity contribution < 1.29 is 47.8 Å². The summed E-state index contributed by atoms with van der Waals surface area (Å²) in [6, 6.07) is -4.23. The Morgan fingerprint density at radius 3 is 1.94 bits per heavy atom. The maximum Gasteiger partial charge on any atom is 0.408 e. The number of ether oxygens (including phenoxy) is 3. The Morgan fingerprint density at radius 1 is 0.804 bits per heavy atom. The molecule has 2 saturated heterocycles. The highest BCUT2D eigenvalue weighted by molar-refractivity contribution is 5.91. The van der Waals surface area contributed by atoms with E-state index in [1.165, 1.54) is 14.2 Å². The predicted molar refractivity (Wildman–Crippen MR) is 182 cm³/mol. The third-order valence-electron chi connectivity index (χ3n) is 10.6. The minimum absolute atomic E-state index is 0.0403. The first-order valence-corrected chi connectivity index (χ1v) is 18.2. The Morgan fingerprint density at radius 2 is 1.43 bits per heavy atom. The zero-order chi connectivity index (χ0) is 37.5. The molecule has 0 aromatic rings. The Kier molecular flexibility index (Phi) is 13.7. The molecule has 0 aromatic heterocycles. The normalized spacial score (nSPS) is 25.6. The van der Waals surface area contributed by atoms with Crippen molar-refractivity contribution in [2.75, 3.05) is 27.3 Å². The molecule has 0 spiro atoms. The van der Waals surface area contributed by atoms with Crippen LogP contribution in [0.15, 0.2) is 0 Å². The number of hydrogen-bond acceptors (Lipinski definition) is 11. The van der Waals surface area contributed by atoms with Crippen molar-refractivity contribution in [1.82, 2.24) is 26.2 Å². The monoisotopic (exact) mass is 720 g/mol. The number of nitrogens with one attached hydrogen (secondary N) is 4. The lowest BCUT2D eigenvalue weighted by Gasteiger charge is -2.44. The molecule has 2 heterocycles. The van der Waals surface area contributed by atoms with Gasteiger partial charge in [-0.2, -0.15) is 0 Å². The van der Waals surface area contributed by atoms with Crippen molar-refractivity contribution in [3.05, 3.63) is 0 Å². The fraction of sp³-hybridized carbons (Fsp3) is 0.800. The average Bonchev–Trinajstić information content (AvgIpc) is 3.61. The number of rotatable bonds is 16. The molecular formula is C35H56N6O10. The quantitative estimate of drug-likeness (QED) is 0.110. The summed E-state index contributed by atoms with van der Waals surface area (Å²) in [6.45, 7) is 5.98. The standard InChI is InChI=1S/C35H56N6O10/c1-35(2,3)51-34(48)40-24(30(44)39-25(32(46)49-4)17-21-11-13-37-28(21)42)16-20-9-10-27(20)41-14-12-22(31(41)45)18-26(33(47)50-5)38-29(43)23(36)15-19-7-6-8-19/h19-27H,6-18,36H2,1-5H3,(H,37,42)(H,38,43)(H,39,44)(H,40,48)/t20?,21-,22-,23-,24-,25-,26-,27?/m0/s1. The van der Waals surface area contributed by atoms with Crippen molar-refractivity contribution in [1.29, 1.82) is 0 Å². The van der Waals surface area contributed by atoms with E-state index in [2.05, 4.69) is 21.3 Å². The van der Waals surface area contributed by atoms with Gasteiger partial charge in [-0.3, -0.25) is 19.2 Å². The second kappa shape index (κ2) is 17.5. The highest BCUT2D eigenvalue weighted by Crippen LogP contribution is 2.39. The molecule has 2 saturated carbocycles. The molecule has 4 aliphatic rings. The van der Waals surface area contributed by atoms with E-state index in [1.54, 1.807) is 25.7 Å². The molecule has 16 nitrogen and oxygen atoms in total. The van der Waals surface area contributed by atoms with E-state index < -0.39 is 71.5 Å². The number of esters is 2. The fourth-order valence-electron chi connectivity index (χ4n) is 7.43. The molecule has 2 aliphatic heterocycles. The summed E-state index contributed by atoms with van der Waals surface area (Å²) in [5.41, 5.74) is 5.29. The summed E-state index contributed by atoms with van der Waals surface area (Å²) in [5.74, 6) is -3.59. The third kappa shape index (κ3) is 10.8. The summed E-state index contributed by atoms with van der Waals surface area (Å²) in [4.78, 5) is 92.5. The molecule has 51 heavy (non-hydrogen) atoms. The molecule has 16 heteroatoms. The van der Waals surface area contributed by atoms with Gasteiger partial charge in [0.2, 0.25) is 23.6 Å². The predicted octanol–water partition coefficient (Wildman–Crippen LogP) is 0.646. The Balaban J connectivity index is 1.41. The first kappa shape index (κ1) is 39.8. The van der Waals surface area contributed by atoms with Gasteiger partial charge in [0.1, 0.15) is 23.7 Å². The molecule has 286 valence electrons. The number of amides is 5. The number of methoxy groups -OCH3 is 2. The number of nitrogens with zero attached hydrogens (tertiary/aromatic N) is 1. The molecule has 2 unspecified atom stereocenters. The van der Waals surface area contributed by atoms with Gasteiger partial charge in [-0.15, -0.1) is 0 Å². The molecule has 2 aliphatic carbocycles. The van der Waals surface area contributed by atoms with Crippen LogP contribution in [0.3, 0.4) is 0 Å². The number of nitrogens with two attached hydrogens (primary N) is 1. The number of carbonyl (C=O) groups is 7. The van der Waals surface area contributed by atoms with Crippen LogP contribution < -0.4 is 27.0 Å². The maximum absolute atomic E-state index is 13.7. The highest BCUT2D eigenvalue weighted by atomic mass is 16.6.